The van der Waals surface area contributed by atoms with Crippen LogP contribution in [-0.4, -0.2) is 38.4 Å². The van der Waals surface area contributed by atoms with Gasteiger partial charge >= 0.3 is 0 Å². The molecule has 1 aromatic heterocycles. The molecule has 1 aliphatic heterocycles. The number of nitrogens with one attached hydrogen (secondary N) is 1. The maximum Gasteiger partial charge on any atom is 0.252 e. The molecular weight excluding hydrogens is 292 g/mol. The monoisotopic (exact) mass is 308 g/mol. The molecule has 7 heteroatoms. The smallest absolute Gasteiger partial charge is 0.252 e. The lowest BCUT2D eigenvalue weighted by Crippen LogP contribution is -2.45. The van der Waals surface area contributed by atoms with Gasteiger partial charge in [-0.25, -0.2) is 8.42 Å². The molecule has 0 atom stereocenters. The van der Waals surface area contributed by atoms with E-state index in [0.717, 1.165) is 37.3 Å². The van der Waals surface area contributed by atoms with Gasteiger partial charge in [0, 0.05) is 12.6 Å². The van der Waals surface area contributed by atoms with Gasteiger partial charge in [0.25, 0.3) is 10.0 Å². The van der Waals surface area contributed by atoms with Crippen molar-refractivity contribution in [1.82, 2.24) is 9.62 Å². The molecule has 1 aliphatic rings. The Morgan fingerprint density at radius 3 is 2.61 bits per heavy atom. The van der Waals surface area contributed by atoms with E-state index in [2.05, 4.69) is 5.32 Å². The van der Waals surface area contributed by atoms with Crippen LogP contribution in [0.2, 0.25) is 4.34 Å². The number of halogens is 1. The van der Waals surface area contributed by atoms with E-state index in [0.29, 0.717) is 15.1 Å². The Bertz CT molecular complexity index is 495. The first-order valence-corrected chi connectivity index (χ1v) is 8.67. The number of thiophene rings is 1. The first-order chi connectivity index (χ1) is 8.55. The minimum atomic E-state index is -3.39. The zero-order chi connectivity index (χ0) is 13.2. The molecule has 0 unspecified atom stereocenters. The van der Waals surface area contributed by atoms with Crippen molar-refractivity contribution < 1.29 is 8.42 Å². The topological polar surface area (TPSA) is 49.4 Å². The van der Waals surface area contributed by atoms with Crippen molar-refractivity contribution in [3.63, 3.8) is 0 Å². The molecule has 0 radical (unpaired) electrons. The molecule has 1 saturated heterocycles. The maximum atomic E-state index is 12.5. The Morgan fingerprint density at radius 2 is 2.11 bits per heavy atom. The number of nitrogens with zero attached hydrogens (tertiary/aromatic N) is 1. The fourth-order valence-electron chi connectivity index (χ4n) is 2.27. The van der Waals surface area contributed by atoms with Gasteiger partial charge in [0.15, 0.2) is 0 Å². The van der Waals surface area contributed by atoms with Gasteiger partial charge in [-0.3, -0.25) is 0 Å². The third-order valence-electron chi connectivity index (χ3n) is 3.14. The van der Waals surface area contributed by atoms with Crippen LogP contribution in [-0.2, 0) is 10.0 Å². The van der Waals surface area contributed by atoms with Gasteiger partial charge < -0.3 is 5.32 Å². The van der Waals surface area contributed by atoms with E-state index in [4.69, 9.17) is 11.6 Å². The Morgan fingerprint density at radius 1 is 1.44 bits per heavy atom. The summed E-state index contributed by atoms with van der Waals surface area (Å²) < 4.78 is 27.5. The molecule has 4 nitrogen and oxygen atoms in total. The van der Waals surface area contributed by atoms with Crippen molar-refractivity contribution in [2.24, 2.45) is 0 Å². The van der Waals surface area contributed by atoms with Crippen LogP contribution >= 0.6 is 22.9 Å². The molecule has 0 spiro atoms. The van der Waals surface area contributed by atoms with E-state index in [-0.39, 0.29) is 6.04 Å². The predicted molar refractivity (Wildman–Crippen MR) is 74.8 cm³/mol. The summed E-state index contributed by atoms with van der Waals surface area (Å²) in [6, 6.07) is 3.32. The number of hydrogen-bond acceptors (Lipinski definition) is 4. The summed E-state index contributed by atoms with van der Waals surface area (Å²) in [5.74, 6) is 0. The normalized spacial score (nSPS) is 18.4. The number of sulfonamides is 1. The summed E-state index contributed by atoms with van der Waals surface area (Å²) in [7, 11) is -3.39. The van der Waals surface area contributed by atoms with Gasteiger partial charge in [-0.05, 0) is 38.1 Å². The molecule has 0 saturated carbocycles. The fourth-order valence-corrected chi connectivity index (χ4v) is 5.58. The first-order valence-electron chi connectivity index (χ1n) is 6.03. The van der Waals surface area contributed by atoms with E-state index in [1.165, 1.54) is 0 Å². The lowest BCUT2D eigenvalue weighted by Gasteiger charge is -2.32. The molecule has 1 fully saturated rings. The van der Waals surface area contributed by atoms with E-state index in [1.54, 1.807) is 16.4 Å². The third kappa shape index (κ3) is 2.88. The summed E-state index contributed by atoms with van der Waals surface area (Å²) in [5.41, 5.74) is 0. The van der Waals surface area contributed by atoms with E-state index < -0.39 is 10.0 Å². The van der Waals surface area contributed by atoms with Gasteiger partial charge in [-0.1, -0.05) is 18.5 Å². The van der Waals surface area contributed by atoms with Gasteiger partial charge in [0.05, 0.1) is 4.34 Å². The Hall–Kier alpha value is -0.140. The highest BCUT2D eigenvalue weighted by Gasteiger charge is 2.31. The number of piperidine rings is 1. The van der Waals surface area contributed by atoms with Crippen LogP contribution in [0.3, 0.4) is 0 Å². The van der Waals surface area contributed by atoms with Crippen LogP contribution in [0.5, 0.6) is 0 Å². The quantitative estimate of drug-likeness (QED) is 0.927. The number of hydrogen-bond donors (Lipinski definition) is 1. The van der Waals surface area contributed by atoms with Crippen molar-refractivity contribution >= 4 is 33.0 Å². The largest absolute Gasteiger partial charge is 0.317 e. The van der Waals surface area contributed by atoms with Gasteiger partial charge in [-0.2, -0.15) is 4.31 Å². The summed E-state index contributed by atoms with van der Waals surface area (Å²) in [4.78, 5) is 0. The highest BCUT2D eigenvalue weighted by atomic mass is 35.5. The minimum absolute atomic E-state index is 0.0992. The van der Waals surface area contributed by atoms with Crippen LogP contribution in [0, 0.1) is 0 Å². The van der Waals surface area contributed by atoms with Gasteiger partial charge in [0.1, 0.15) is 4.21 Å². The predicted octanol–water partition coefficient (Wildman–Crippen LogP) is 2.16. The molecular formula is C11H17ClN2O2S2. The van der Waals surface area contributed by atoms with E-state index in [1.807, 2.05) is 6.92 Å². The molecule has 102 valence electrons. The summed E-state index contributed by atoms with van der Waals surface area (Å²) in [6.45, 7) is 4.14. The summed E-state index contributed by atoms with van der Waals surface area (Å²) in [5, 5.41) is 3.25. The van der Waals surface area contributed by atoms with Crippen molar-refractivity contribution in [3.05, 3.63) is 16.5 Å². The first kappa shape index (κ1) is 14.3. The standard InChI is InChI=1S/C11H17ClN2O2S2/c1-2-14(9-5-7-13-8-6-9)18(15,16)11-4-3-10(12)17-11/h3-4,9,13H,2,5-8H2,1H3. The average Bonchev–Trinajstić information content (AvgIpc) is 2.78. The van der Waals surface area contributed by atoms with Crippen LogP contribution < -0.4 is 5.32 Å². The molecule has 0 amide bonds. The molecule has 0 bridgehead atoms. The molecule has 1 N–H and O–H groups in total. The van der Waals surface area contributed by atoms with Crippen molar-refractivity contribution in [2.45, 2.75) is 30.0 Å². The Labute approximate surface area is 117 Å². The molecule has 0 aliphatic carbocycles. The van der Waals surface area contributed by atoms with Crippen molar-refractivity contribution in [2.75, 3.05) is 19.6 Å². The minimum Gasteiger partial charge on any atom is -0.317 e. The van der Waals surface area contributed by atoms with E-state index >= 15 is 0 Å². The number of rotatable bonds is 4. The lowest BCUT2D eigenvalue weighted by molar-refractivity contribution is 0.271. The SMILES string of the molecule is CCN(C1CCNCC1)S(=O)(=O)c1ccc(Cl)s1. The summed E-state index contributed by atoms with van der Waals surface area (Å²) >= 11 is 6.95. The molecule has 1 aromatic rings. The highest BCUT2D eigenvalue weighted by molar-refractivity contribution is 7.91. The van der Waals surface area contributed by atoms with Crippen molar-refractivity contribution in [3.8, 4) is 0 Å². The van der Waals surface area contributed by atoms with Gasteiger partial charge in [0.2, 0.25) is 0 Å². The van der Waals surface area contributed by atoms with E-state index in [9.17, 15) is 8.42 Å². The summed E-state index contributed by atoms with van der Waals surface area (Å²) in [6.07, 6.45) is 1.73. The average molecular weight is 309 g/mol. The van der Waals surface area contributed by atoms with Crippen molar-refractivity contribution in [1.29, 1.82) is 0 Å². The zero-order valence-electron chi connectivity index (χ0n) is 10.2. The molecule has 2 rings (SSSR count). The Balaban J connectivity index is 2.25. The van der Waals surface area contributed by atoms with Crippen LogP contribution in [0.1, 0.15) is 19.8 Å². The Kier molecular flexibility index (Phi) is 4.66. The second-order valence-corrected chi connectivity index (χ2v) is 8.08. The molecule has 2 heterocycles. The zero-order valence-corrected chi connectivity index (χ0v) is 12.6. The van der Waals surface area contributed by atoms with Crippen LogP contribution in [0.15, 0.2) is 16.3 Å². The second-order valence-electron chi connectivity index (χ2n) is 4.25. The van der Waals surface area contributed by atoms with Crippen LogP contribution in [0.25, 0.3) is 0 Å². The molecule has 18 heavy (non-hydrogen) atoms. The molecule has 0 aromatic carbocycles. The maximum absolute atomic E-state index is 12.5. The van der Waals surface area contributed by atoms with Crippen LogP contribution in [0.4, 0.5) is 0 Å². The third-order valence-corrected chi connectivity index (χ3v) is 6.87. The highest BCUT2D eigenvalue weighted by Crippen LogP contribution is 2.30. The van der Waals surface area contributed by atoms with Gasteiger partial charge in [-0.15, -0.1) is 11.3 Å². The lowest BCUT2D eigenvalue weighted by atomic mass is 10.1. The fraction of sp³-hybridized carbons (Fsp3) is 0.636. The second kappa shape index (κ2) is 5.88.